The summed E-state index contributed by atoms with van der Waals surface area (Å²) < 4.78 is 0. The van der Waals surface area contributed by atoms with E-state index in [1.54, 1.807) is 36.7 Å². The molecule has 0 aliphatic rings. The Bertz CT molecular complexity index is 612. The molecule has 20 heavy (non-hydrogen) atoms. The van der Waals surface area contributed by atoms with E-state index in [0.29, 0.717) is 11.3 Å². The van der Waals surface area contributed by atoms with Crippen LogP contribution in [0, 0.1) is 6.92 Å². The van der Waals surface area contributed by atoms with Gasteiger partial charge in [0.05, 0.1) is 6.54 Å². The second-order valence-corrected chi connectivity index (χ2v) is 4.28. The smallest absolute Gasteiger partial charge is 0.251 e. The third kappa shape index (κ3) is 3.65. The van der Waals surface area contributed by atoms with Crippen LogP contribution >= 0.6 is 0 Å². The molecule has 0 unspecified atom stereocenters. The summed E-state index contributed by atoms with van der Waals surface area (Å²) in [5.41, 5.74) is 2.10. The zero-order chi connectivity index (χ0) is 14.4. The van der Waals surface area contributed by atoms with E-state index in [1.165, 1.54) is 0 Å². The lowest BCUT2D eigenvalue weighted by Gasteiger charge is -2.08. The molecule has 0 bridgehead atoms. The zero-order valence-electron chi connectivity index (χ0n) is 11.1. The number of anilines is 1. The highest BCUT2D eigenvalue weighted by molar-refractivity contribution is 6.00. The quantitative estimate of drug-likeness (QED) is 0.888. The van der Waals surface area contributed by atoms with E-state index < -0.39 is 0 Å². The number of nitrogens with zero attached hydrogens (tertiary/aromatic N) is 1. The largest absolute Gasteiger partial charge is 0.343 e. The molecule has 2 aromatic rings. The molecule has 1 aromatic heterocycles. The maximum Gasteiger partial charge on any atom is 0.251 e. The number of nitrogens with one attached hydrogen (secondary N) is 2. The highest BCUT2D eigenvalue weighted by Gasteiger charge is 2.09. The first-order valence-electron chi connectivity index (χ1n) is 6.20. The van der Waals surface area contributed by atoms with Gasteiger partial charge in [0.15, 0.2) is 0 Å². The van der Waals surface area contributed by atoms with Gasteiger partial charge in [0.25, 0.3) is 5.91 Å². The molecule has 5 heteroatoms. The Morgan fingerprint density at radius 2 is 1.80 bits per heavy atom. The van der Waals surface area contributed by atoms with Crippen LogP contribution in [-0.4, -0.2) is 23.3 Å². The standard InChI is InChI=1S/C15H15N3O2/c1-11-4-2-3-5-13(11)15(20)17-10-14(19)18-12-6-8-16-9-7-12/h2-9H,10H2,1H3,(H,17,20)(H,16,18,19). The third-order valence-corrected chi connectivity index (χ3v) is 2.76. The lowest BCUT2D eigenvalue weighted by Crippen LogP contribution is -2.33. The van der Waals surface area contributed by atoms with Crippen LogP contribution in [-0.2, 0) is 4.79 Å². The number of pyridine rings is 1. The molecular weight excluding hydrogens is 254 g/mol. The summed E-state index contributed by atoms with van der Waals surface area (Å²) in [6, 6.07) is 10.6. The number of rotatable bonds is 4. The number of carbonyl (C=O) groups is 2. The van der Waals surface area contributed by atoms with Gasteiger partial charge in [-0.05, 0) is 30.7 Å². The summed E-state index contributed by atoms with van der Waals surface area (Å²) in [5, 5.41) is 5.26. The van der Waals surface area contributed by atoms with Crippen molar-refractivity contribution in [2.75, 3.05) is 11.9 Å². The number of aryl methyl sites for hydroxylation is 1. The second-order valence-electron chi connectivity index (χ2n) is 4.28. The molecule has 2 amide bonds. The molecule has 5 nitrogen and oxygen atoms in total. The molecule has 0 saturated carbocycles. The van der Waals surface area contributed by atoms with Gasteiger partial charge < -0.3 is 10.6 Å². The number of hydrogen-bond acceptors (Lipinski definition) is 3. The lowest BCUT2D eigenvalue weighted by atomic mass is 10.1. The highest BCUT2D eigenvalue weighted by Crippen LogP contribution is 2.06. The summed E-state index contributed by atoms with van der Waals surface area (Å²) in [6.07, 6.45) is 3.17. The molecule has 0 fully saturated rings. The first-order valence-corrected chi connectivity index (χ1v) is 6.20. The number of carbonyl (C=O) groups excluding carboxylic acids is 2. The fraction of sp³-hybridized carbons (Fsp3) is 0.133. The molecule has 1 heterocycles. The molecule has 2 rings (SSSR count). The Hall–Kier alpha value is -2.69. The Kier molecular flexibility index (Phi) is 4.44. The van der Waals surface area contributed by atoms with Crippen molar-refractivity contribution in [3.8, 4) is 0 Å². The van der Waals surface area contributed by atoms with Crippen LogP contribution < -0.4 is 10.6 Å². The van der Waals surface area contributed by atoms with E-state index in [9.17, 15) is 9.59 Å². The van der Waals surface area contributed by atoms with E-state index in [2.05, 4.69) is 15.6 Å². The Morgan fingerprint density at radius 3 is 2.50 bits per heavy atom. The van der Waals surface area contributed by atoms with Gasteiger partial charge in [-0.3, -0.25) is 14.6 Å². The maximum atomic E-state index is 11.9. The second kappa shape index (κ2) is 6.47. The first kappa shape index (κ1) is 13.7. The fourth-order valence-corrected chi connectivity index (χ4v) is 1.72. The molecule has 0 spiro atoms. The van der Waals surface area contributed by atoms with Gasteiger partial charge in [-0.2, -0.15) is 0 Å². The van der Waals surface area contributed by atoms with Crippen molar-refractivity contribution < 1.29 is 9.59 Å². The van der Waals surface area contributed by atoms with Gasteiger partial charge in [0.2, 0.25) is 5.91 Å². The van der Waals surface area contributed by atoms with Crippen molar-refractivity contribution in [3.05, 3.63) is 59.9 Å². The third-order valence-electron chi connectivity index (χ3n) is 2.76. The van der Waals surface area contributed by atoms with Gasteiger partial charge in [0, 0.05) is 23.6 Å². The summed E-state index contributed by atoms with van der Waals surface area (Å²) in [7, 11) is 0. The average Bonchev–Trinajstić information content (AvgIpc) is 2.46. The molecule has 0 atom stereocenters. The molecule has 0 radical (unpaired) electrons. The van der Waals surface area contributed by atoms with E-state index in [0.717, 1.165) is 5.56 Å². The number of aromatic nitrogens is 1. The normalized spacial score (nSPS) is 9.85. The number of benzene rings is 1. The Balaban J connectivity index is 1.88. The van der Waals surface area contributed by atoms with Crippen molar-refractivity contribution in [1.29, 1.82) is 0 Å². The number of hydrogen-bond donors (Lipinski definition) is 2. The zero-order valence-corrected chi connectivity index (χ0v) is 11.1. The van der Waals surface area contributed by atoms with Crippen LogP contribution in [0.25, 0.3) is 0 Å². The molecule has 2 N–H and O–H groups in total. The van der Waals surface area contributed by atoms with Crippen LogP contribution in [0.4, 0.5) is 5.69 Å². The van der Waals surface area contributed by atoms with Crippen molar-refractivity contribution in [2.45, 2.75) is 6.92 Å². The minimum atomic E-state index is -0.280. The summed E-state index contributed by atoms with van der Waals surface area (Å²) >= 11 is 0. The van der Waals surface area contributed by atoms with Crippen LogP contribution in [0.2, 0.25) is 0 Å². The van der Waals surface area contributed by atoms with Crippen molar-refractivity contribution in [2.24, 2.45) is 0 Å². The molecule has 102 valence electrons. The highest BCUT2D eigenvalue weighted by atomic mass is 16.2. The van der Waals surface area contributed by atoms with Gasteiger partial charge in [-0.15, -0.1) is 0 Å². The van der Waals surface area contributed by atoms with Crippen LogP contribution in [0.3, 0.4) is 0 Å². The van der Waals surface area contributed by atoms with Crippen LogP contribution in [0.15, 0.2) is 48.8 Å². The molecule has 0 aliphatic carbocycles. The Labute approximate surface area is 117 Å². The van der Waals surface area contributed by atoms with E-state index >= 15 is 0 Å². The Morgan fingerprint density at radius 1 is 1.10 bits per heavy atom. The average molecular weight is 269 g/mol. The monoisotopic (exact) mass is 269 g/mol. The summed E-state index contributed by atoms with van der Waals surface area (Å²) in [5.74, 6) is -0.536. The van der Waals surface area contributed by atoms with Gasteiger partial charge in [-0.1, -0.05) is 18.2 Å². The number of amides is 2. The lowest BCUT2D eigenvalue weighted by molar-refractivity contribution is -0.115. The van der Waals surface area contributed by atoms with Gasteiger partial charge >= 0.3 is 0 Å². The van der Waals surface area contributed by atoms with Crippen LogP contribution in [0.5, 0.6) is 0 Å². The minimum Gasteiger partial charge on any atom is -0.343 e. The summed E-state index contributed by atoms with van der Waals surface area (Å²) in [4.78, 5) is 27.5. The molecule has 0 aliphatic heterocycles. The van der Waals surface area contributed by atoms with Crippen molar-refractivity contribution >= 4 is 17.5 Å². The molecule has 1 aromatic carbocycles. The fourth-order valence-electron chi connectivity index (χ4n) is 1.72. The minimum absolute atomic E-state index is 0.0739. The SMILES string of the molecule is Cc1ccccc1C(=O)NCC(=O)Nc1ccncc1. The van der Waals surface area contributed by atoms with E-state index in [1.807, 2.05) is 19.1 Å². The van der Waals surface area contributed by atoms with Gasteiger partial charge in [-0.25, -0.2) is 0 Å². The predicted molar refractivity (Wildman–Crippen MR) is 76.4 cm³/mol. The maximum absolute atomic E-state index is 11.9. The van der Waals surface area contributed by atoms with Crippen molar-refractivity contribution in [3.63, 3.8) is 0 Å². The summed E-state index contributed by atoms with van der Waals surface area (Å²) in [6.45, 7) is 1.78. The van der Waals surface area contributed by atoms with Gasteiger partial charge in [0.1, 0.15) is 0 Å². The van der Waals surface area contributed by atoms with E-state index in [-0.39, 0.29) is 18.4 Å². The first-order chi connectivity index (χ1) is 9.66. The molecule has 0 saturated heterocycles. The van der Waals surface area contributed by atoms with Crippen molar-refractivity contribution in [1.82, 2.24) is 10.3 Å². The molecular formula is C15H15N3O2. The van der Waals surface area contributed by atoms with E-state index in [4.69, 9.17) is 0 Å². The van der Waals surface area contributed by atoms with Crippen LogP contribution in [0.1, 0.15) is 15.9 Å². The topological polar surface area (TPSA) is 71.1 Å². The predicted octanol–water partition coefficient (Wildman–Crippen LogP) is 1.76.